The topological polar surface area (TPSA) is 58.4 Å². The van der Waals surface area contributed by atoms with Gasteiger partial charge in [-0.3, -0.25) is 9.59 Å². The van der Waals surface area contributed by atoms with Crippen LogP contribution in [0.2, 0.25) is 0 Å². The standard InChI is InChI=1S/C37H40F4N4O2S/c1-4-43(5-2)19-20-44(22-26-9-13-28(14-10-26)29-15-18-32(25(3)21-29)37(39,40)41)34(46)23-45-33-8-6-7-31(33)35(47)42-36(45)48-24-27-11-16-30(38)17-12-27/h9-18,21H,4-8,19-20,22-24H2,1-3H3/i6D2,7D2,8D2,9D,10D,13D,14D,15D,18D,21D,22D2,23D2,24D2. The van der Waals surface area contributed by atoms with Crippen LogP contribution in [0.25, 0.3) is 11.1 Å². The van der Waals surface area contributed by atoms with Crippen molar-refractivity contribution in [3.05, 3.63) is 116 Å². The maximum absolute atomic E-state index is 15.1. The van der Waals surface area contributed by atoms with E-state index in [9.17, 15) is 27.8 Å². The Hall–Kier alpha value is -3.96. The number of alkyl halides is 3. The molecule has 0 spiro atoms. The van der Waals surface area contributed by atoms with Crippen LogP contribution in [-0.2, 0) is 42.4 Å². The Morgan fingerprint density at radius 2 is 1.71 bits per heavy atom. The zero-order valence-corrected chi connectivity index (χ0v) is 26.5. The fourth-order valence-corrected chi connectivity index (χ4v) is 5.06. The number of thioether (sulfide) groups is 1. The van der Waals surface area contributed by atoms with Crippen molar-refractivity contribution in [2.24, 2.45) is 0 Å². The van der Waals surface area contributed by atoms with Crippen molar-refractivity contribution in [2.45, 2.75) is 69.9 Å². The number of hydrogen-bond acceptors (Lipinski definition) is 5. The van der Waals surface area contributed by atoms with Gasteiger partial charge in [0.15, 0.2) is 5.16 Å². The number of carbonyl (C=O) groups excluding carboxylic acids is 1. The molecule has 0 fully saturated rings. The number of carbonyl (C=O) groups is 1. The summed E-state index contributed by atoms with van der Waals surface area (Å²) >= 11 is -0.165. The van der Waals surface area contributed by atoms with Gasteiger partial charge in [-0.15, -0.1) is 0 Å². The summed E-state index contributed by atoms with van der Waals surface area (Å²) in [5.74, 6) is -2.91. The lowest BCUT2D eigenvalue weighted by Crippen LogP contribution is -2.40. The summed E-state index contributed by atoms with van der Waals surface area (Å²) in [4.78, 5) is 34.0. The van der Waals surface area contributed by atoms with E-state index in [1.54, 1.807) is 18.7 Å². The van der Waals surface area contributed by atoms with Gasteiger partial charge in [0.2, 0.25) is 5.91 Å². The fourth-order valence-electron chi connectivity index (χ4n) is 4.36. The third-order valence-corrected chi connectivity index (χ3v) is 7.72. The van der Waals surface area contributed by atoms with Gasteiger partial charge in [-0.05, 0) is 85.1 Å². The Morgan fingerprint density at radius 1 is 1.02 bits per heavy atom. The van der Waals surface area contributed by atoms with Gasteiger partial charge in [0.1, 0.15) is 12.3 Å². The van der Waals surface area contributed by atoms with Crippen LogP contribution in [0.5, 0.6) is 0 Å². The summed E-state index contributed by atoms with van der Waals surface area (Å²) in [7, 11) is 0. The summed E-state index contributed by atoms with van der Waals surface area (Å²) in [5, 5.41) is -1.22. The average molecular weight is 700 g/mol. The minimum absolute atomic E-state index is 0.0622. The lowest BCUT2D eigenvalue weighted by molar-refractivity contribution is -0.138. The van der Waals surface area contributed by atoms with Crippen molar-refractivity contribution in [2.75, 3.05) is 26.2 Å². The lowest BCUT2D eigenvalue weighted by Gasteiger charge is -2.28. The molecule has 0 unspecified atom stereocenters. The summed E-state index contributed by atoms with van der Waals surface area (Å²) in [6.07, 6.45) is -16.3. The van der Waals surface area contributed by atoms with Crippen LogP contribution in [-0.4, -0.2) is 51.4 Å². The summed E-state index contributed by atoms with van der Waals surface area (Å²) in [6, 6.07) is -5.56. The minimum Gasteiger partial charge on any atom is -0.336 e. The molecule has 0 aliphatic heterocycles. The monoisotopic (exact) mass is 699 g/mol. The van der Waals surface area contributed by atoms with Gasteiger partial charge in [-0.1, -0.05) is 74.0 Å². The van der Waals surface area contributed by atoms with Crippen molar-refractivity contribution in [3.63, 3.8) is 0 Å². The molecule has 0 radical (unpaired) electrons. The van der Waals surface area contributed by atoms with E-state index in [4.69, 9.17) is 20.6 Å². The van der Waals surface area contributed by atoms with E-state index in [0.717, 1.165) is 31.2 Å². The first-order chi connectivity index (χ1) is 30.4. The summed E-state index contributed by atoms with van der Waals surface area (Å²) in [5.41, 5.74) is -13.7. The molecule has 0 N–H and O–H groups in total. The second-order valence-electron chi connectivity index (χ2n) is 10.0. The zero-order valence-electron chi connectivity index (χ0n) is 44.7. The van der Waals surface area contributed by atoms with Gasteiger partial charge in [0.25, 0.3) is 5.56 Å². The van der Waals surface area contributed by atoms with Crippen LogP contribution in [0, 0.1) is 12.7 Å². The first kappa shape index (κ1) is 18.2. The number of rotatable bonds is 13. The maximum Gasteiger partial charge on any atom is 0.416 e. The SMILES string of the molecule is [2H]c1c([2H])c(C([2H])([2H])N(CCN(CC)CC)C(=O)C([2H])([2H])n2c(SC([2H])([2H])c3ccc(F)cc3)nc(=O)c3c2C([2H])([2H])C([2H])([2H])C3([2H])[2H])c([2H])c([2H])c1-c1c([2H])c([2H])c(C(F)(F)F)c(C)c1[2H]. The lowest BCUT2D eigenvalue weighted by atomic mass is 9.98. The molecule has 0 atom stereocenters. The number of benzene rings is 3. The number of likely N-dealkylation sites (N-methyl/N-ethyl adjacent to an activating group) is 1. The van der Waals surface area contributed by atoms with E-state index in [1.807, 2.05) is 0 Å². The van der Waals surface area contributed by atoms with E-state index in [0.29, 0.717) is 0 Å². The Morgan fingerprint density at radius 3 is 2.38 bits per heavy atom. The van der Waals surface area contributed by atoms with Crippen molar-refractivity contribution in [1.29, 1.82) is 0 Å². The van der Waals surface area contributed by atoms with Gasteiger partial charge in [-0.25, -0.2) is 4.39 Å². The quantitative estimate of drug-likeness (QED) is 0.0821. The molecule has 0 saturated heterocycles. The second-order valence-corrected chi connectivity index (χ2v) is 10.8. The molecule has 3 aromatic carbocycles. The van der Waals surface area contributed by atoms with Gasteiger partial charge in [0, 0.05) is 47.5 Å². The van der Waals surface area contributed by atoms with Crippen LogP contribution in [0.4, 0.5) is 17.6 Å². The van der Waals surface area contributed by atoms with Gasteiger partial charge >= 0.3 is 6.18 Å². The molecule has 4 aromatic rings. The molecule has 1 amide bonds. The molecule has 48 heavy (non-hydrogen) atoms. The Balaban J connectivity index is 1.84. The first-order valence-electron chi connectivity index (χ1n) is 23.9. The molecular weight excluding hydrogens is 640 g/mol. The number of amides is 1. The number of hydrogen-bond donors (Lipinski definition) is 0. The highest BCUT2D eigenvalue weighted by Gasteiger charge is 2.32. The third kappa shape index (κ3) is 8.54. The molecule has 5 rings (SSSR count). The highest BCUT2D eigenvalue weighted by atomic mass is 32.2. The number of nitrogens with zero attached hydrogens (tertiary/aromatic N) is 4. The predicted octanol–water partition coefficient (Wildman–Crippen LogP) is 7.53. The van der Waals surface area contributed by atoms with E-state index >= 15 is 4.79 Å². The third-order valence-electron chi connectivity index (χ3n) is 6.93. The van der Waals surface area contributed by atoms with Crippen molar-refractivity contribution >= 4 is 17.7 Å². The molecule has 1 aliphatic rings. The van der Waals surface area contributed by atoms with E-state index in [-0.39, 0.29) is 46.4 Å². The Kier molecular flexibility index (Phi) is 5.86. The van der Waals surface area contributed by atoms with Crippen molar-refractivity contribution < 1.29 is 48.4 Å². The van der Waals surface area contributed by atoms with Crippen LogP contribution in [0.1, 0.15) is 79.8 Å². The Bertz CT molecular complexity index is 2660. The molecule has 1 aromatic heterocycles. The van der Waals surface area contributed by atoms with Crippen LogP contribution >= 0.6 is 11.8 Å². The highest BCUT2D eigenvalue weighted by molar-refractivity contribution is 7.98. The molecule has 1 heterocycles. The van der Waals surface area contributed by atoms with Gasteiger partial charge in [0.05, 0.1) is 20.6 Å². The molecule has 1 aliphatic carbocycles. The average Bonchev–Trinajstić information content (AvgIpc) is 3.31. The largest absolute Gasteiger partial charge is 0.416 e. The smallest absolute Gasteiger partial charge is 0.336 e. The van der Waals surface area contributed by atoms with Crippen LogP contribution in [0.3, 0.4) is 0 Å². The van der Waals surface area contributed by atoms with E-state index in [2.05, 4.69) is 4.98 Å². The number of fused-ring (bicyclic) bond motifs is 1. The second kappa shape index (κ2) is 15.5. The predicted molar refractivity (Wildman–Crippen MR) is 181 cm³/mol. The summed E-state index contributed by atoms with van der Waals surface area (Å²) in [6.45, 7) is -4.51. The molecule has 254 valence electrons. The number of halogens is 4. The van der Waals surface area contributed by atoms with Crippen LogP contribution in [0.15, 0.2) is 76.5 Å². The molecular formula is C37H40F4N4O2S. The number of aromatic nitrogens is 2. The van der Waals surface area contributed by atoms with E-state index < -0.39 is 154 Å². The molecule has 11 heteroatoms. The van der Waals surface area contributed by atoms with Crippen molar-refractivity contribution in [3.8, 4) is 11.1 Å². The van der Waals surface area contributed by atoms with Crippen molar-refractivity contribution in [1.82, 2.24) is 19.4 Å². The maximum atomic E-state index is 15.1. The molecule has 0 saturated carbocycles. The van der Waals surface area contributed by atoms with E-state index in [1.165, 1.54) is 0 Å². The highest BCUT2D eigenvalue weighted by Crippen LogP contribution is 2.34. The normalized spacial score (nSPS) is 22.6. The fraction of sp³-hybridized carbons (Fsp3) is 0.378. The molecule has 6 nitrogen and oxygen atoms in total. The molecule has 0 bridgehead atoms. The first-order valence-corrected chi connectivity index (χ1v) is 15.2. The zero-order chi connectivity index (χ0) is 51.3. The van der Waals surface area contributed by atoms with Crippen LogP contribution < -0.4 is 5.56 Å². The summed E-state index contributed by atoms with van der Waals surface area (Å²) < 4.78 is 223. The van der Waals surface area contributed by atoms with Gasteiger partial charge in [-0.2, -0.15) is 18.2 Å². The van der Waals surface area contributed by atoms with Gasteiger partial charge < -0.3 is 14.4 Å². The Labute approximate surface area is 309 Å². The minimum atomic E-state index is -5.23.